The molecule has 5 rings (SSSR count). The van der Waals surface area contributed by atoms with E-state index in [0.717, 1.165) is 5.39 Å². The van der Waals surface area contributed by atoms with Gasteiger partial charge in [-0.15, -0.1) is 0 Å². The summed E-state index contributed by atoms with van der Waals surface area (Å²) in [6, 6.07) is 14.3. The molecule has 1 aromatic heterocycles. The number of amides is 1. The molecule has 0 N–H and O–H groups in total. The highest BCUT2D eigenvalue weighted by atomic mass is 32.2. The number of rotatable bonds is 3. The highest BCUT2D eigenvalue weighted by molar-refractivity contribution is 7.94. The maximum Gasteiger partial charge on any atom is 0.326 e. The smallest absolute Gasteiger partial charge is 0.326 e. The van der Waals surface area contributed by atoms with Gasteiger partial charge in [-0.25, -0.2) is 4.31 Å². The normalized spacial score (nSPS) is 18.5. The van der Waals surface area contributed by atoms with Crippen molar-refractivity contribution in [2.24, 2.45) is 0 Å². The first kappa shape index (κ1) is 19.7. The number of anilines is 2. The number of methoxy groups -OCH3 is 1. The van der Waals surface area contributed by atoms with E-state index in [1.165, 1.54) is 8.61 Å². The molecule has 1 saturated heterocycles. The van der Waals surface area contributed by atoms with Gasteiger partial charge in [-0.05, 0) is 37.1 Å². The van der Waals surface area contributed by atoms with Gasteiger partial charge in [-0.1, -0.05) is 24.3 Å². The van der Waals surface area contributed by atoms with Crippen LogP contribution in [0.1, 0.15) is 23.4 Å². The molecule has 162 valence electrons. The minimum absolute atomic E-state index is 0.196. The first-order valence-corrected chi connectivity index (χ1v) is 11.5. The molecule has 0 bridgehead atoms. The molecule has 0 spiro atoms. The largest absolute Gasteiger partial charge is 0.493 e. The maximum absolute atomic E-state index is 13.0. The van der Waals surface area contributed by atoms with Gasteiger partial charge >= 0.3 is 10.2 Å². The topological polar surface area (TPSA) is 83.3 Å². The quantitative estimate of drug-likeness (QED) is 0.623. The molecule has 3 heterocycles. The first-order chi connectivity index (χ1) is 14.9. The lowest BCUT2D eigenvalue weighted by atomic mass is 10.0. The van der Waals surface area contributed by atoms with Gasteiger partial charge in [0.1, 0.15) is 0 Å². The standard InChI is InChI=1S/C22H23N3O5S/c1-23-17-7-3-4-8-18(17)25(31(23,27)28)16-10-12-24(13-11-16)22(26)20-14-15-6-5-9-19(29-2)21(15)30-20/h3-9,14,16H,10-13H2,1-2H3. The molecule has 2 aliphatic heterocycles. The zero-order valence-corrected chi connectivity index (χ0v) is 18.1. The molecule has 1 amide bonds. The fraction of sp³-hybridized carbons (Fsp3) is 0.318. The number of hydrogen-bond acceptors (Lipinski definition) is 5. The van der Waals surface area contributed by atoms with Crippen LogP contribution in [0.3, 0.4) is 0 Å². The van der Waals surface area contributed by atoms with E-state index in [4.69, 9.17) is 9.15 Å². The van der Waals surface area contributed by atoms with E-state index < -0.39 is 10.2 Å². The second-order valence-electron chi connectivity index (χ2n) is 7.77. The molecule has 0 atom stereocenters. The zero-order valence-electron chi connectivity index (χ0n) is 17.3. The van der Waals surface area contributed by atoms with Crippen LogP contribution in [-0.4, -0.2) is 52.5 Å². The number of carbonyl (C=O) groups excluding carboxylic acids is 1. The number of ether oxygens (including phenoxy) is 1. The number of carbonyl (C=O) groups is 1. The number of hydrogen-bond donors (Lipinski definition) is 0. The Kier molecular flexibility index (Phi) is 4.58. The van der Waals surface area contributed by atoms with Crippen LogP contribution < -0.4 is 13.3 Å². The lowest BCUT2D eigenvalue weighted by Gasteiger charge is -2.36. The number of para-hydroxylation sites is 3. The summed E-state index contributed by atoms with van der Waals surface area (Å²) in [5, 5.41) is 0.806. The Labute approximate surface area is 180 Å². The van der Waals surface area contributed by atoms with Crippen molar-refractivity contribution in [3.63, 3.8) is 0 Å². The average Bonchev–Trinajstić information content (AvgIpc) is 3.31. The average molecular weight is 442 g/mol. The molecule has 0 unspecified atom stereocenters. The molecular formula is C22H23N3O5S. The lowest BCUT2D eigenvalue weighted by molar-refractivity contribution is 0.0686. The van der Waals surface area contributed by atoms with Gasteiger partial charge in [0.2, 0.25) is 0 Å². The van der Waals surface area contributed by atoms with Gasteiger partial charge < -0.3 is 14.1 Å². The Bertz CT molecular complexity index is 1260. The summed E-state index contributed by atoms with van der Waals surface area (Å²) in [6.07, 6.45) is 1.10. The summed E-state index contributed by atoms with van der Waals surface area (Å²) in [6.45, 7) is 0.908. The second kappa shape index (κ2) is 7.19. The fourth-order valence-electron chi connectivity index (χ4n) is 4.44. The fourth-order valence-corrected chi connectivity index (χ4v) is 6.10. The van der Waals surface area contributed by atoms with Gasteiger partial charge in [0.25, 0.3) is 5.91 Å². The van der Waals surface area contributed by atoms with Crippen molar-refractivity contribution in [3.05, 3.63) is 54.3 Å². The van der Waals surface area contributed by atoms with E-state index in [2.05, 4.69) is 0 Å². The third kappa shape index (κ3) is 3.03. The van der Waals surface area contributed by atoms with Crippen LogP contribution in [0.2, 0.25) is 0 Å². The van der Waals surface area contributed by atoms with E-state index in [-0.39, 0.29) is 17.7 Å². The molecule has 8 nitrogen and oxygen atoms in total. The Morgan fingerprint density at radius 2 is 1.77 bits per heavy atom. The molecule has 2 aromatic carbocycles. The van der Waals surface area contributed by atoms with Crippen molar-refractivity contribution < 1.29 is 22.4 Å². The minimum atomic E-state index is -3.61. The van der Waals surface area contributed by atoms with Crippen LogP contribution in [0, 0.1) is 0 Å². The van der Waals surface area contributed by atoms with Crippen LogP contribution >= 0.6 is 0 Å². The predicted octanol–water partition coefficient (Wildman–Crippen LogP) is 3.25. The van der Waals surface area contributed by atoms with Gasteiger partial charge in [-0.3, -0.25) is 9.10 Å². The number of likely N-dealkylation sites (tertiary alicyclic amines) is 1. The molecule has 1 fully saturated rings. The van der Waals surface area contributed by atoms with E-state index >= 15 is 0 Å². The summed E-state index contributed by atoms with van der Waals surface area (Å²) >= 11 is 0. The summed E-state index contributed by atoms with van der Waals surface area (Å²) < 4.78 is 39.9. The number of furan rings is 1. The SMILES string of the molecule is COc1cccc2cc(C(=O)N3CCC(N4c5ccccc5N(C)S4(=O)=O)CC3)oc12. The van der Waals surface area contributed by atoms with Crippen molar-refractivity contribution in [2.45, 2.75) is 18.9 Å². The maximum atomic E-state index is 13.0. The third-order valence-corrected chi connectivity index (χ3v) is 7.96. The van der Waals surface area contributed by atoms with Crippen molar-refractivity contribution >= 4 is 38.5 Å². The molecule has 2 aliphatic rings. The summed E-state index contributed by atoms with van der Waals surface area (Å²) in [5.41, 5.74) is 1.92. The number of benzene rings is 2. The molecule has 0 saturated carbocycles. The third-order valence-electron chi connectivity index (χ3n) is 6.08. The Morgan fingerprint density at radius 1 is 1.06 bits per heavy atom. The van der Waals surface area contributed by atoms with Gasteiger partial charge in [0, 0.05) is 25.5 Å². The Balaban J connectivity index is 1.35. The van der Waals surface area contributed by atoms with Crippen LogP contribution in [0.25, 0.3) is 11.0 Å². The van der Waals surface area contributed by atoms with E-state index in [1.54, 1.807) is 37.3 Å². The van der Waals surface area contributed by atoms with Crippen molar-refractivity contribution in [1.82, 2.24) is 4.90 Å². The van der Waals surface area contributed by atoms with E-state index in [9.17, 15) is 13.2 Å². The second-order valence-corrected chi connectivity index (χ2v) is 9.61. The van der Waals surface area contributed by atoms with Crippen LogP contribution in [0.4, 0.5) is 11.4 Å². The van der Waals surface area contributed by atoms with Crippen molar-refractivity contribution in [3.8, 4) is 5.75 Å². The van der Waals surface area contributed by atoms with Gasteiger partial charge in [0.15, 0.2) is 17.1 Å². The predicted molar refractivity (Wildman–Crippen MR) is 118 cm³/mol. The highest BCUT2D eigenvalue weighted by Crippen LogP contribution is 2.42. The van der Waals surface area contributed by atoms with Crippen LogP contribution in [0.15, 0.2) is 52.9 Å². The van der Waals surface area contributed by atoms with Crippen LogP contribution in [-0.2, 0) is 10.2 Å². The number of piperidine rings is 1. The Hall–Kier alpha value is -3.20. The van der Waals surface area contributed by atoms with E-state index in [0.29, 0.717) is 48.6 Å². The lowest BCUT2D eigenvalue weighted by Crippen LogP contribution is -2.49. The molecular weight excluding hydrogens is 418 g/mol. The summed E-state index contributed by atoms with van der Waals surface area (Å²) in [5.74, 6) is 0.646. The Morgan fingerprint density at radius 3 is 2.48 bits per heavy atom. The molecule has 31 heavy (non-hydrogen) atoms. The first-order valence-electron chi connectivity index (χ1n) is 10.1. The molecule has 0 aliphatic carbocycles. The number of nitrogens with zero attached hydrogens (tertiary/aromatic N) is 3. The monoisotopic (exact) mass is 441 g/mol. The zero-order chi connectivity index (χ0) is 21.8. The van der Waals surface area contributed by atoms with Crippen molar-refractivity contribution in [1.29, 1.82) is 0 Å². The summed E-state index contributed by atoms with van der Waals surface area (Å²) in [7, 11) is -0.475. The number of fused-ring (bicyclic) bond motifs is 2. The van der Waals surface area contributed by atoms with Gasteiger partial charge in [0.05, 0.1) is 24.5 Å². The summed E-state index contributed by atoms with van der Waals surface area (Å²) in [4.78, 5) is 14.7. The van der Waals surface area contributed by atoms with E-state index in [1.807, 2.05) is 30.3 Å². The minimum Gasteiger partial charge on any atom is -0.493 e. The van der Waals surface area contributed by atoms with Gasteiger partial charge in [-0.2, -0.15) is 8.42 Å². The van der Waals surface area contributed by atoms with Crippen LogP contribution in [0.5, 0.6) is 5.75 Å². The highest BCUT2D eigenvalue weighted by Gasteiger charge is 2.43. The van der Waals surface area contributed by atoms with Crippen molar-refractivity contribution in [2.75, 3.05) is 35.9 Å². The molecule has 0 radical (unpaired) electrons. The molecule has 3 aromatic rings. The molecule has 9 heteroatoms.